The SMILES string of the molecule is CC(=CCCc1ccoc1)CCC(=O)NC(CCOP(=O)(O)OCCCCC(C)C)C(=O)O. The van der Waals surface area contributed by atoms with Crippen molar-refractivity contribution in [2.45, 2.75) is 78.2 Å². The molecule has 0 bridgehead atoms. The van der Waals surface area contributed by atoms with Gasteiger partial charge < -0.3 is 19.7 Å². The van der Waals surface area contributed by atoms with E-state index in [4.69, 9.17) is 13.5 Å². The molecule has 0 aliphatic heterocycles. The van der Waals surface area contributed by atoms with Crippen molar-refractivity contribution in [1.82, 2.24) is 5.32 Å². The minimum absolute atomic E-state index is 0.0918. The van der Waals surface area contributed by atoms with Gasteiger partial charge in [-0.25, -0.2) is 9.36 Å². The largest absolute Gasteiger partial charge is 0.480 e. The number of allylic oxidation sites excluding steroid dienone is 2. The molecule has 0 fully saturated rings. The Morgan fingerprint density at radius 3 is 2.55 bits per heavy atom. The molecule has 1 aromatic rings. The van der Waals surface area contributed by atoms with Gasteiger partial charge in [-0.15, -0.1) is 0 Å². The summed E-state index contributed by atoms with van der Waals surface area (Å²) in [6.45, 7) is 5.88. The number of rotatable bonds is 18. The van der Waals surface area contributed by atoms with Crippen molar-refractivity contribution in [3.63, 3.8) is 0 Å². The predicted octanol–water partition coefficient (Wildman–Crippen LogP) is 4.86. The second kappa shape index (κ2) is 15.8. The summed E-state index contributed by atoms with van der Waals surface area (Å²) in [7, 11) is -4.25. The van der Waals surface area contributed by atoms with Crippen LogP contribution in [0, 0.1) is 5.92 Å². The number of carboxylic acids is 1. The molecule has 0 spiro atoms. The van der Waals surface area contributed by atoms with Crippen molar-refractivity contribution < 1.29 is 37.6 Å². The Hall–Kier alpha value is -1.93. The second-order valence-electron chi connectivity index (χ2n) is 8.49. The van der Waals surface area contributed by atoms with E-state index in [2.05, 4.69) is 19.2 Å². The first-order chi connectivity index (χ1) is 15.6. The predicted molar refractivity (Wildman–Crippen MR) is 125 cm³/mol. The van der Waals surface area contributed by atoms with Gasteiger partial charge in [-0.3, -0.25) is 13.8 Å². The fourth-order valence-corrected chi connectivity index (χ4v) is 3.79. The van der Waals surface area contributed by atoms with Gasteiger partial charge >= 0.3 is 13.8 Å². The van der Waals surface area contributed by atoms with E-state index in [1.807, 2.05) is 19.1 Å². The fourth-order valence-electron chi connectivity index (χ4n) is 3.01. The Labute approximate surface area is 196 Å². The van der Waals surface area contributed by atoms with E-state index in [0.29, 0.717) is 18.8 Å². The summed E-state index contributed by atoms with van der Waals surface area (Å²) >= 11 is 0. The highest BCUT2D eigenvalue weighted by molar-refractivity contribution is 7.47. The Bertz CT molecular complexity index is 775. The number of nitrogens with one attached hydrogen (secondary N) is 1. The van der Waals surface area contributed by atoms with Gasteiger partial charge in [-0.2, -0.15) is 0 Å². The van der Waals surface area contributed by atoms with Crippen LogP contribution >= 0.6 is 7.82 Å². The maximum atomic E-state index is 12.1. The number of furan rings is 1. The molecule has 2 unspecified atom stereocenters. The van der Waals surface area contributed by atoms with Crippen molar-refractivity contribution in [3.05, 3.63) is 35.8 Å². The average molecular weight is 488 g/mol. The van der Waals surface area contributed by atoms with Crippen LogP contribution < -0.4 is 5.32 Å². The number of phosphoric acid groups is 1. The van der Waals surface area contributed by atoms with Gasteiger partial charge in [-0.1, -0.05) is 38.3 Å². The van der Waals surface area contributed by atoms with Crippen molar-refractivity contribution in [3.8, 4) is 0 Å². The normalized spacial score (nSPS) is 14.8. The lowest BCUT2D eigenvalue weighted by Gasteiger charge is -2.16. The molecule has 0 aliphatic rings. The zero-order valence-corrected chi connectivity index (χ0v) is 20.7. The minimum atomic E-state index is -4.25. The van der Waals surface area contributed by atoms with Gasteiger partial charge in [0.15, 0.2) is 0 Å². The van der Waals surface area contributed by atoms with Crippen LogP contribution in [0.15, 0.2) is 34.7 Å². The van der Waals surface area contributed by atoms with Crippen molar-refractivity contribution in [2.75, 3.05) is 13.2 Å². The molecule has 1 aromatic heterocycles. The van der Waals surface area contributed by atoms with Crippen molar-refractivity contribution in [1.29, 1.82) is 0 Å². The standard InChI is InChI=1S/C23H38NO8P/c1-18(2)7-4-5-14-31-33(28,29)32-16-13-21(23(26)27)24-22(25)11-10-19(3)8-6-9-20-12-15-30-17-20/h8,12,15,17-18,21H,4-7,9-11,13-14,16H2,1-3H3,(H,24,25)(H,26,27)(H,28,29). The highest BCUT2D eigenvalue weighted by Crippen LogP contribution is 2.43. The minimum Gasteiger partial charge on any atom is -0.480 e. The number of hydrogen-bond acceptors (Lipinski definition) is 6. The third kappa shape index (κ3) is 14.8. The van der Waals surface area contributed by atoms with Crippen molar-refractivity contribution in [2.24, 2.45) is 5.92 Å². The van der Waals surface area contributed by atoms with E-state index < -0.39 is 25.7 Å². The molecule has 9 nitrogen and oxygen atoms in total. The smallest absolute Gasteiger partial charge is 0.472 e. The van der Waals surface area contributed by atoms with Gasteiger partial charge in [0.05, 0.1) is 25.7 Å². The molecule has 0 aliphatic carbocycles. The highest BCUT2D eigenvalue weighted by Gasteiger charge is 2.24. The third-order valence-electron chi connectivity index (χ3n) is 4.98. The Balaban J connectivity index is 2.29. The number of aryl methyl sites for hydroxylation is 1. The molecular weight excluding hydrogens is 449 g/mol. The lowest BCUT2D eigenvalue weighted by molar-refractivity contribution is -0.142. The molecule has 33 heavy (non-hydrogen) atoms. The van der Waals surface area contributed by atoms with E-state index >= 15 is 0 Å². The molecule has 1 amide bonds. The average Bonchev–Trinajstić information content (AvgIpc) is 3.24. The summed E-state index contributed by atoms with van der Waals surface area (Å²) in [5, 5.41) is 11.8. The maximum absolute atomic E-state index is 12.1. The van der Waals surface area contributed by atoms with Crippen LogP contribution in [-0.2, 0) is 29.6 Å². The van der Waals surface area contributed by atoms with Crippen LogP contribution in [0.5, 0.6) is 0 Å². The summed E-state index contributed by atoms with van der Waals surface area (Å²) in [5.41, 5.74) is 2.14. The van der Waals surface area contributed by atoms with Gasteiger partial charge in [-0.05, 0) is 50.2 Å². The zero-order chi connectivity index (χ0) is 24.7. The summed E-state index contributed by atoms with van der Waals surface area (Å²) in [6.07, 6.45) is 10.1. The van der Waals surface area contributed by atoms with E-state index in [0.717, 1.165) is 36.8 Å². The first-order valence-electron chi connectivity index (χ1n) is 11.4. The van der Waals surface area contributed by atoms with Crippen molar-refractivity contribution >= 4 is 19.7 Å². The lowest BCUT2D eigenvalue weighted by Crippen LogP contribution is -2.41. The molecule has 0 aromatic carbocycles. The number of amides is 1. The number of hydrogen-bond donors (Lipinski definition) is 3. The Kier molecular flexibility index (Phi) is 14.0. The first kappa shape index (κ1) is 29.1. The molecule has 0 saturated carbocycles. The number of carbonyl (C=O) groups is 2. The van der Waals surface area contributed by atoms with E-state index in [1.54, 1.807) is 12.5 Å². The molecule has 0 radical (unpaired) electrons. The molecule has 2 atom stereocenters. The molecule has 10 heteroatoms. The van der Waals surface area contributed by atoms with E-state index in [9.17, 15) is 24.2 Å². The van der Waals surface area contributed by atoms with Gasteiger partial charge in [0, 0.05) is 12.8 Å². The number of phosphoric ester groups is 1. The quantitative estimate of drug-likeness (QED) is 0.152. The van der Waals surface area contributed by atoms with Gasteiger partial charge in [0.2, 0.25) is 5.91 Å². The number of carboxylic acid groups (broad SMARTS) is 1. The van der Waals surface area contributed by atoms with Crippen LogP contribution in [0.4, 0.5) is 0 Å². The molecule has 1 rings (SSSR count). The van der Waals surface area contributed by atoms with Crippen LogP contribution in [0.3, 0.4) is 0 Å². The molecule has 3 N–H and O–H groups in total. The van der Waals surface area contributed by atoms with E-state index in [-0.39, 0.29) is 26.1 Å². The van der Waals surface area contributed by atoms with E-state index in [1.165, 1.54) is 0 Å². The summed E-state index contributed by atoms with van der Waals surface area (Å²) in [6, 6.07) is 0.691. The second-order valence-corrected chi connectivity index (χ2v) is 9.95. The molecule has 1 heterocycles. The van der Waals surface area contributed by atoms with Gasteiger partial charge in [0.25, 0.3) is 0 Å². The molecule has 0 saturated heterocycles. The monoisotopic (exact) mass is 487 g/mol. The topological polar surface area (TPSA) is 135 Å². The first-order valence-corrected chi connectivity index (χ1v) is 12.9. The third-order valence-corrected chi connectivity index (χ3v) is 5.99. The van der Waals surface area contributed by atoms with Crippen LogP contribution in [0.25, 0.3) is 0 Å². The van der Waals surface area contributed by atoms with Gasteiger partial charge in [0.1, 0.15) is 6.04 Å². The van der Waals surface area contributed by atoms with Crippen LogP contribution in [0.2, 0.25) is 0 Å². The fraction of sp³-hybridized carbons (Fsp3) is 0.652. The van der Waals surface area contributed by atoms with Crippen LogP contribution in [-0.4, -0.2) is 41.1 Å². The Morgan fingerprint density at radius 1 is 1.18 bits per heavy atom. The number of aliphatic carboxylic acids is 1. The molecular formula is C23H38NO8P. The molecule has 188 valence electrons. The summed E-state index contributed by atoms with van der Waals surface area (Å²) in [5.74, 6) is -1.08. The number of unbranched alkanes of at least 4 members (excludes halogenated alkanes) is 1. The summed E-state index contributed by atoms with van der Waals surface area (Å²) in [4.78, 5) is 33.3. The zero-order valence-electron chi connectivity index (χ0n) is 19.8. The van der Waals surface area contributed by atoms with Crippen LogP contribution in [0.1, 0.15) is 71.3 Å². The number of carbonyl (C=O) groups excluding carboxylic acids is 1. The lowest BCUT2D eigenvalue weighted by atomic mass is 10.1. The maximum Gasteiger partial charge on any atom is 0.472 e. The Morgan fingerprint density at radius 2 is 1.91 bits per heavy atom. The highest BCUT2D eigenvalue weighted by atomic mass is 31.2. The summed E-state index contributed by atoms with van der Waals surface area (Å²) < 4.78 is 26.7.